The number of hydrogen-bond donors (Lipinski definition) is 0. The molecule has 0 aliphatic carbocycles. The Balaban J connectivity index is 1.96. The Hall–Kier alpha value is -1.69. The average Bonchev–Trinajstić information content (AvgIpc) is 3.01. The standard InChI is InChI=1S/C18H27N3O2S/c1-13(2)5-8-21(9-6-14(3)4)16(22)11-23-17-15-7-10-24-18(15)20-12-19-17/h7,10,12-14H,5-6,8-9,11H2,1-4H3. The fraction of sp³-hybridized carbons (Fsp3) is 0.611. The van der Waals surface area contributed by atoms with Gasteiger partial charge in [0.15, 0.2) is 6.61 Å². The van der Waals surface area contributed by atoms with Crippen LogP contribution in [-0.2, 0) is 4.79 Å². The number of thiophene rings is 1. The summed E-state index contributed by atoms with van der Waals surface area (Å²) in [6.45, 7) is 10.3. The summed E-state index contributed by atoms with van der Waals surface area (Å²) in [6.07, 6.45) is 3.49. The predicted molar refractivity (Wildman–Crippen MR) is 98.4 cm³/mol. The lowest BCUT2D eigenvalue weighted by Gasteiger charge is -2.24. The summed E-state index contributed by atoms with van der Waals surface area (Å²) in [7, 11) is 0. The van der Waals surface area contributed by atoms with Crippen molar-refractivity contribution in [2.45, 2.75) is 40.5 Å². The highest BCUT2D eigenvalue weighted by Crippen LogP contribution is 2.25. The molecule has 0 N–H and O–H groups in total. The number of ether oxygens (including phenoxy) is 1. The number of nitrogens with zero attached hydrogens (tertiary/aromatic N) is 3. The molecule has 0 fully saturated rings. The molecule has 2 rings (SSSR count). The van der Waals surface area contributed by atoms with Crippen LogP contribution >= 0.6 is 11.3 Å². The van der Waals surface area contributed by atoms with Crippen LogP contribution in [0.5, 0.6) is 5.88 Å². The normalized spacial score (nSPS) is 11.4. The summed E-state index contributed by atoms with van der Waals surface area (Å²) >= 11 is 1.54. The molecule has 0 atom stereocenters. The molecule has 0 unspecified atom stereocenters. The number of carbonyl (C=O) groups is 1. The van der Waals surface area contributed by atoms with Crippen LogP contribution in [0.3, 0.4) is 0 Å². The molecule has 5 nitrogen and oxygen atoms in total. The summed E-state index contributed by atoms with van der Waals surface area (Å²) in [5.41, 5.74) is 0. The second-order valence-electron chi connectivity index (χ2n) is 6.85. The summed E-state index contributed by atoms with van der Waals surface area (Å²) in [6, 6.07) is 1.93. The van der Waals surface area contributed by atoms with Crippen LogP contribution in [0.2, 0.25) is 0 Å². The van der Waals surface area contributed by atoms with Gasteiger partial charge in [0, 0.05) is 13.1 Å². The van der Waals surface area contributed by atoms with Crippen molar-refractivity contribution in [3.63, 3.8) is 0 Å². The second-order valence-corrected chi connectivity index (χ2v) is 7.75. The highest BCUT2D eigenvalue weighted by Gasteiger charge is 2.16. The molecule has 0 spiro atoms. The van der Waals surface area contributed by atoms with Gasteiger partial charge >= 0.3 is 0 Å². The van der Waals surface area contributed by atoms with E-state index in [1.165, 1.54) is 17.7 Å². The number of amides is 1. The molecule has 0 radical (unpaired) electrons. The molecule has 2 heterocycles. The van der Waals surface area contributed by atoms with Crippen LogP contribution in [0.15, 0.2) is 17.8 Å². The van der Waals surface area contributed by atoms with Gasteiger partial charge in [-0.15, -0.1) is 11.3 Å². The molecule has 0 saturated heterocycles. The van der Waals surface area contributed by atoms with Crippen molar-refractivity contribution < 1.29 is 9.53 Å². The Bertz CT molecular complexity index is 643. The number of aromatic nitrogens is 2. The van der Waals surface area contributed by atoms with E-state index in [2.05, 4.69) is 37.7 Å². The number of rotatable bonds is 9. The van der Waals surface area contributed by atoms with Gasteiger partial charge in [0.25, 0.3) is 5.91 Å². The first kappa shape index (κ1) is 18.6. The zero-order valence-electron chi connectivity index (χ0n) is 15.0. The monoisotopic (exact) mass is 349 g/mol. The van der Waals surface area contributed by atoms with Gasteiger partial charge in [0.1, 0.15) is 11.2 Å². The molecule has 2 aromatic heterocycles. The minimum absolute atomic E-state index is 0.0259. The zero-order valence-corrected chi connectivity index (χ0v) is 15.8. The van der Waals surface area contributed by atoms with Crippen LogP contribution in [0, 0.1) is 11.8 Å². The molecule has 24 heavy (non-hydrogen) atoms. The van der Waals surface area contributed by atoms with Gasteiger partial charge in [-0.25, -0.2) is 9.97 Å². The minimum Gasteiger partial charge on any atom is -0.467 e. The van der Waals surface area contributed by atoms with Crippen molar-refractivity contribution in [3.05, 3.63) is 17.8 Å². The highest BCUT2D eigenvalue weighted by atomic mass is 32.1. The molecule has 0 aliphatic heterocycles. The minimum atomic E-state index is 0.0259. The lowest BCUT2D eigenvalue weighted by Crippen LogP contribution is -2.37. The highest BCUT2D eigenvalue weighted by molar-refractivity contribution is 7.16. The van der Waals surface area contributed by atoms with Gasteiger partial charge in [0.05, 0.1) is 5.39 Å². The second kappa shape index (κ2) is 8.97. The molecular weight excluding hydrogens is 322 g/mol. The Morgan fingerprint density at radius 1 is 1.17 bits per heavy atom. The van der Waals surface area contributed by atoms with Gasteiger partial charge in [-0.1, -0.05) is 27.7 Å². The third kappa shape index (κ3) is 5.44. The van der Waals surface area contributed by atoms with Crippen LogP contribution in [-0.4, -0.2) is 40.5 Å². The third-order valence-corrected chi connectivity index (χ3v) is 4.68. The number of carbonyl (C=O) groups excluding carboxylic acids is 1. The quantitative estimate of drug-likeness (QED) is 0.687. The fourth-order valence-electron chi connectivity index (χ4n) is 2.29. The molecule has 2 aromatic rings. The van der Waals surface area contributed by atoms with Crippen molar-refractivity contribution in [1.82, 2.24) is 14.9 Å². The summed E-state index contributed by atoms with van der Waals surface area (Å²) < 4.78 is 5.70. The third-order valence-electron chi connectivity index (χ3n) is 3.86. The largest absolute Gasteiger partial charge is 0.467 e. The Morgan fingerprint density at radius 2 is 1.83 bits per heavy atom. The van der Waals surface area contributed by atoms with Crippen LogP contribution in [0.4, 0.5) is 0 Å². The Labute approximate surface area is 148 Å². The zero-order chi connectivity index (χ0) is 17.5. The van der Waals surface area contributed by atoms with E-state index in [1.807, 2.05) is 16.3 Å². The van der Waals surface area contributed by atoms with E-state index in [4.69, 9.17) is 4.74 Å². The summed E-state index contributed by atoms with van der Waals surface area (Å²) in [5.74, 6) is 1.67. The first-order chi connectivity index (χ1) is 11.5. The van der Waals surface area contributed by atoms with Gasteiger partial charge in [-0.2, -0.15) is 0 Å². The van der Waals surface area contributed by atoms with E-state index < -0.39 is 0 Å². The molecule has 0 aliphatic rings. The maximum Gasteiger partial charge on any atom is 0.260 e. The van der Waals surface area contributed by atoms with E-state index in [-0.39, 0.29) is 12.5 Å². The maximum atomic E-state index is 12.6. The number of hydrogen-bond acceptors (Lipinski definition) is 5. The smallest absolute Gasteiger partial charge is 0.260 e. The summed E-state index contributed by atoms with van der Waals surface area (Å²) in [5, 5.41) is 2.82. The molecule has 0 saturated carbocycles. The van der Waals surface area contributed by atoms with E-state index in [9.17, 15) is 4.79 Å². The molecule has 1 amide bonds. The average molecular weight is 350 g/mol. The topological polar surface area (TPSA) is 55.3 Å². The molecule has 0 aromatic carbocycles. The van der Waals surface area contributed by atoms with E-state index in [0.717, 1.165) is 36.1 Å². The molecule has 132 valence electrons. The van der Waals surface area contributed by atoms with E-state index in [0.29, 0.717) is 17.7 Å². The van der Waals surface area contributed by atoms with Crippen molar-refractivity contribution in [1.29, 1.82) is 0 Å². The Kier molecular flexibility index (Phi) is 6.97. The van der Waals surface area contributed by atoms with Crippen molar-refractivity contribution >= 4 is 27.5 Å². The van der Waals surface area contributed by atoms with Crippen LogP contribution in [0.1, 0.15) is 40.5 Å². The lowest BCUT2D eigenvalue weighted by atomic mass is 10.1. The van der Waals surface area contributed by atoms with E-state index >= 15 is 0 Å². The first-order valence-corrected chi connectivity index (χ1v) is 9.44. The lowest BCUT2D eigenvalue weighted by molar-refractivity contribution is -0.133. The first-order valence-electron chi connectivity index (χ1n) is 8.56. The predicted octanol–water partition coefficient (Wildman–Crippen LogP) is 3.99. The van der Waals surface area contributed by atoms with Crippen molar-refractivity contribution in [2.24, 2.45) is 11.8 Å². The van der Waals surface area contributed by atoms with Crippen molar-refractivity contribution in [3.8, 4) is 5.88 Å². The maximum absolute atomic E-state index is 12.6. The SMILES string of the molecule is CC(C)CCN(CCC(C)C)C(=O)COc1ncnc2sccc12. The molecule has 6 heteroatoms. The summed E-state index contributed by atoms with van der Waals surface area (Å²) in [4.78, 5) is 23.7. The molecular formula is C18H27N3O2S. The fourth-order valence-corrected chi connectivity index (χ4v) is 3.02. The van der Waals surface area contributed by atoms with Gasteiger partial charge in [-0.05, 0) is 36.1 Å². The van der Waals surface area contributed by atoms with Crippen molar-refractivity contribution in [2.75, 3.05) is 19.7 Å². The number of fused-ring (bicyclic) bond motifs is 1. The van der Waals surface area contributed by atoms with Gasteiger partial charge in [0.2, 0.25) is 5.88 Å². The molecule has 0 bridgehead atoms. The van der Waals surface area contributed by atoms with Gasteiger partial charge in [-0.3, -0.25) is 4.79 Å². The van der Waals surface area contributed by atoms with Crippen LogP contribution < -0.4 is 4.74 Å². The van der Waals surface area contributed by atoms with E-state index in [1.54, 1.807) is 0 Å². The Morgan fingerprint density at radius 3 is 2.46 bits per heavy atom. The van der Waals surface area contributed by atoms with Gasteiger partial charge < -0.3 is 9.64 Å². The van der Waals surface area contributed by atoms with Crippen LogP contribution in [0.25, 0.3) is 10.2 Å².